The number of rotatable bonds is 5. The van der Waals surface area contributed by atoms with Crippen LogP contribution in [0, 0.1) is 6.92 Å². The van der Waals surface area contributed by atoms with Gasteiger partial charge in [-0.05, 0) is 43.5 Å². The van der Waals surface area contributed by atoms with Gasteiger partial charge in [0.25, 0.3) is 11.8 Å². The van der Waals surface area contributed by atoms with E-state index in [1.807, 2.05) is 48.2 Å². The van der Waals surface area contributed by atoms with Gasteiger partial charge >= 0.3 is 0 Å². The van der Waals surface area contributed by atoms with Gasteiger partial charge in [-0.15, -0.1) is 0 Å². The number of nitrogens with zero attached hydrogens (tertiary/aromatic N) is 4. The van der Waals surface area contributed by atoms with Crippen molar-refractivity contribution in [3.05, 3.63) is 71.6 Å². The molecule has 0 N–H and O–H groups in total. The minimum absolute atomic E-state index is 0.0109. The van der Waals surface area contributed by atoms with Gasteiger partial charge in [0.1, 0.15) is 5.75 Å². The zero-order valence-corrected chi connectivity index (χ0v) is 16.7. The second-order valence-corrected chi connectivity index (χ2v) is 7.76. The summed E-state index contributed by atoms with van der Waals surface area (Å²) in [6.07, 6.45) is 5.14. The van der Waals surface area contributed by atoms with Crippen LogP contribution in [0.5, 0.6) is 5.75 Å². The van der Waals surface area contributed by atoms with E-state index in [9.17, 15) is 4.79 Å². The molecule has 0 spiro atoms. The van der Waals surface area contributed by atoms with Gasteiger partial charge < -0.3 is 14.2 Å². The lowest BCUT2D eigenvalue weighted by molar-refractivity contribution is 0.0641. The van der Waals surface area contributed by atoms with Crippen LogP contribution in [0.25, 0.3) is 0 Å². The standard InChI is InChI=1S/C22H24N4O3/c1-16-11-17(13-23-12-16)20(27)26-10-6-9-22(2,15-26)21-24-19(29-25-21)14-28-18-7-4-3-5-8-18/h3-5,7-8,11-13H,6,9-10,14-15H2,1-2H3. The van der Waals surface area contributed by atoms with Crippen LogP contribution in [0.4, 0.5) is 0 Å². The Morgan fingerprint density at radius 3 is 2.90 bits per heavy atom. The molecule has 7 nitrogen and oxygen atoms in total. The van der Waals surface area contributed by atoms with E-state index in [0.717, 1.165) is 24.2 Å². The van der Waals surface area contributed by atoms with Gasteiger partial charge in [0.15, 0.2) is 12.4 Å². The van der Waals surface area contributed by atoms with Gasteiger partial charge in [0.05, 0.1) is 5.56 Å². The number of ether oxygens (including phenoxy) is 1. The van der Waals surface area contributed by atoms with E-state index >= 15 is 0 Å². The highest BCUT2D eigenvalue weighted by Crippen LogP contribution is 2.32. The number of carbonyl (C=O) groups excluding carboxylic acids is 1. The van der Waals surface area contributed by atoms with E-state index in [2.05, 4.69) is 22.0 Å². The molecule has 1 aromatic carbocycles. The molecule has 1 aliphatic heterocycles. The highest BCUT2D eigenvalue weighted by atomic mass is 16.5. The van der Waals surface area contributed by atoms with E-state index in [1.54, 1.807) is 12.4 Å². The monoisotopic (exact) mass is 392 g/mol. The number of likely N-dealkylation sites (tertiary alicyclic amines) is 1. The van der Waals surface area contributed by atoms with Crippen LogP contribution in [-0.4, -0.2) is 39.0 Å². The lowest BCUT2D eigenvalue weighted by Gasteiger charge is -2.38. The first-order valence-electron chi connectivity index (χ1n) is 9.75. The van der Waals surface area contributed by atoms with Gasteiger partial charge in [0, 0.05) is 30.9 Å². The normalized spacial score (nSPS) is 19.2. The molecule has 2 aromatic heterocycles. The van der Waals surface area contributed by atoms with E-state index in [1.165, 1.54) is 0 Å². The van der Waals surface area contributed by atoms with Crippen molar-refractivity contribution in [3.63, 3.8) is 0 Å². The molecule has 0 aliphatic carbocycles. The number of hydrogen-bond donors (Lipinski definition) is 0. The van der Waals surface area contributed by atoms with Crippen molar-refractivity contribution in [1.29, 1.82) is 0 Å². The highest BCUT2D eigenvalue weighted by Gasteiger charge is 2.38. The molecule has 1 atom stereocenters. The van der Waals surface area contributed by atoms with Gasteiger partial charge in [-0.2, -0.15) is 4.98 Å². The van der Waals surface area contributed by atoms with Crippen LogP contribution < -0.4 is 4.74 Å². The molecule has 3 heterocycles. The first kappa shape index (κ1) is 19.1. The Morgan fingerprint density at radius 1 is 1.28 bits per heavy atom. The lowest BCUT2D eigenvalue weighted by Crippen LogP contribution is -2.47. The van der Waals surface area contributed by atoms with Gasteiger partial charge in [-0.1, -0.05) is 30.3 Å². The van der Waals surface area contributed by atoms with Crippen LogP contribution >= 0.6 is 0 Å². The Morgan fingerprint density at radius 2 is 2.10 bits per heavy atom. The number of hydrogen-bond acceptors (Lipinski definition) is 6. The van der Waals surface area contributed by atoms with Crippen LogP contribution in [0.1, 0.15) is 47.4 Å². The molecule has 0 bridgehead atoms. The second kappa shape index (κ2) is 8.03. The molecule has 29 heavy (non-hydrogen) atoms. The SMILES string of the molecule is Cc1cncc(C(=O)N2CCCC(C)(c3noc(COc4ccccc4)n3)C2)c1. The van der Waals surface area contributed by atoms with E-state index < -0.39 is 0 Å². The third-order valence-electron chi connectivity index (χ3n) is 5.22. The summed E-state index contributed by atoms with van der Waals surface area (Å²) in [5, 5.41) is 4.19. The summed E-state index contributed by atoms with van der Waals surface area (Å²) in [6, 6.07) is 11.4. The summed E-state index contributed by atoms with van der Waals surface area (Å²) in [6.45, 7) is 5.48. The zero-order chi connectivity index (χ0) is 20.3. The van der Waals surface area contributed by atoms with E-state index in [4.69, 9.17) is 9.26 Å². The lowest BCUT2D eigenvalue weighted by atomic mass is 9.81. The molecule has 7 heteroatoms. The maximum atomic E-state index is 12.9. The van der Waals surface area contributed by atoms with Gasteiger partial charge in [-0.25, -0.2) is 0 Å². The minimum atomic E-state index is -0.361. The summed E-state index contributed by atoms with van der Waals surface area (Å²) < 4.78 is 11.1. The smallest absolute Gasteiger partial charge is 0.264 e. The number of aromatic nitrogens is 3. The summed E-state index contributed by atoms with van der Waals surface area (Å²) >= 11 is 0. The van der Waals surface area contributed by atoms with Crippen LogP contribution in [0.3, 0.4) is 0 Å². The van der Waals surface area contributed by atoms with Gasteiger partial charge in [0.2, 0.25) is 0 Å². The number of pyridine rings is 1. The predicted molar refractivity (Wildman–Crippen MR) is 107 cm³/mol. The molecule has 4 rings (SSSR count). The number of para-hydroxylation sites is 1. The number of aryl methyl sites for hydroxylation is 1. The summed E-state index contributed by atoms with van der Waals surface area (Å²) in [5.41, 5.74) is 1.22. The molecule has 1 amide bonds. The average molecular weight is 392 g/mol. The number of amides is 1. The van der Waals surface area contributed by atoms with Crippen molar-refractivity contribution < 1.29 is 14.1 Å². The first-order chi connectivity index (χ1) is 14.0. The van der Waals surface area contributed by atoms with Crippen molar-refractivity contribution in [3.8, 4) is 5.75 Å². The van der Waals surface area contributed by atoms with Crippen molar-refractivity contribution in [1.82, 2.24) is 20.0 Å². The first-order valence-corrected chi connectivity index (χ1v) is 9.75. The van der Waals surface area contributed by atoms with E-state index in [0.29, 0.717) is 30.4 Å². The molecule has 1 saturated heterocycles. The fourth-order valence-electron chi connectivity index (χ4n) is 3.67. The minimum Gasteiger partial charge on any atom is -0.484 e. The number of carbonyl (C=O) groups is 1. The van der Waals surface area contributed by atoms with Gasteiger partial charge in [-0.3, -0.25) is 9.78 Å². The molecule has 0 radical (unpaired) electrons. The molecule has 150 valence electrons. The molecular formula is C22H24N4O3. The van der Waals surface area contributed by atoms with Crippen molar-refractivity contribution in [2.24, 2.45) is 0 Å². The Bertz CT molecular complexity index is 988. The quantitative estimate of drug-likeness (QED) is 0.661. The largest absolute Gasteiger partial charge is 0.484 e. The predicted octanol–water partition coefficient (Wildman–Crippen LogP) is 3.55. The number of piperidine rings is 1. The molecule has 0 saturated carbocycles. The Kier molecular flexibility index (Phi) is 5.29. The Balaban J connectivity index is 1.45. The third kappa shape index (κ3) is 4.29. The Labute approximate surface area is 169 Å². The van der Waals surface area contributed by atoms with Crippen LogP contribution in [0.2, 0.25) is 0 Å². The fraction of sp³-hybridized carbons (Fsp3) is 0.364. The highest BCUT2D eigenvalue weighted by molar-refractivity contribution is 5.94. The van der Waals surface area contributed by atoms with E-state index in [-0.39, 0.29) is 17.9 Å². The van der Waals surface area contributed by atoms with Crippen LogP contribution in [0.15, 0.2) is 53.3 Å². The summed E-state index contributed by atoms with van der Waals surface area (Å²) in [4.78, 5) is 23.5. The van der Waals surface area contributed by atoms with Crippen molar-refractivity contribution in [2.45, 2.75) is 38.7 Å². The zero-order valence-electron chi connectivity index (χ0n) is 16.7. The fourth-order valence-corrected chi connectivity index (χ4v) is 3.67. The van der Waals surface area contributed by atoms with Crippen molar-refractivity contribution >= 4 is 5.91 Å². The summed E-state index contributed by atoms with van der Waals surface area (Å²) in [5.74, 6) is 1.78. The maximum Gasteiger partial charge on any atom is 0.264 e. The molecule has 1 fully saturated rings. The average Bonchev–Trinajstić information content (AvgIpc) is 3.23. The molecule has 1 aliphatic rings. The molecule has 3 aromatic rings. The molecular weight excluding hydrogens is 368 g/mol. The maximum absolute atomic E-state index is 12.9. The van der Waals surface area contributed by atoms with Crippen LogP contribution in [-0.2, 0) is 12.0 Å². The topological polar surface area (TPSA) is 81.4 Å². The molecule has 1 unspecified atom stereocenters. The van der Waals surface area contributed by atoms with Crippen molar-refractivity contribution in [2.75, 3.05) is 13.1 Å². The Hall–Kier alpha value is -3.22. The number of benzene rings is 1. The summed E-state index contributed by atoms with van der Waals surface area (Å²) in [7, 11) is 0. The second-order valence-electron chi connectivity index (χ2n) is 7.76. The third-order valence-corrected chi connectivity index (χ3v) is 5.22.